The van der Waals surface area contributed by atoms with E-state index in [1.54, 1.807) is 20.3 Å². The van der Waals surface area contributed by atoms with Gasteiger partial charge in [0, 0.05) is 17.2 Å². The number of hydrogen-bond donors (Lipinski definition) is 0. The Bertz CT molecular complexity index is 820. The Morgan fingerprint density at radius 2 is 1.52 bits per heavy atom. The second-order valence-corrected chi connectivity index (χ2v) is 5.25. The van der Waals surface area contributed by atoms with Gasteiger partial charge in [0.25, 0.3) is 0 Å². The fourth-order valence-electron chi connectivity index (χ4n) is 2.22. The Morgan fingerprint density at radius 1 is 0.783 bits per heavy atom. The predicted molar refractivity (Wildman–Crippen MR) is 91.0 cm³/mol. The van der Waals surface area contributed by atoms with Crippen molar-refractivity contribution in [2.75, 3.05) is 14.2 Å². The summed E-state index contributed by atoms with van der Waals surface area (Å²) in [4.78, 5) is 8.92. The first kappa shape index (κ1) is 15.3. The highest BCUT2D eigenvalue weighted by atomic mass is 35.5. The van der Waals surface area contributed by atoms with E-state index in [0.29, 0.717) is 11.0 Å². The third-order valence-corrected chi connectivity index (χ3v) is 3.60. The average molecular weight is 327 g/mol. The summed E-state index contributed by atoms with van der Waals surface area (Å²) in [5.74, 6) is 2.12. The van der Waals surface area contributed by atoms with E-state index in [1.165, 1.54) is 0 Å². The maximum Gasteiger partial charge on any atom is 0.161 e. The Labute approximate surface area is 139 Å². The molecule has 23 heavy (non-hydrogen) atoms. The van der Waals surface area contributed by atoms with Crippen LogP contribution in [-0.4, -0.2) is 24.2 Å². The number of rotatable bonds is 4. The zero-order chi connectivity index (χ0) is 16.2. The highest BCUT2D eigenvalue weighted by Crippen LogP contribution is 2.27. The van der Waals surface area contributed by atoms with E-state index < -0.39 is 0 Å². The number of halogens is 1. The van der Waals surface area contributed by atoms with Crippen molar-refractivity contribution in [3.8, 4) is 34.1 Å². The maximum atomic E-state index is 6.17. The predicted octanol–water partition coefficient (Wildman–Crippen LogP) is 4.48. The summed E-state index contributed by atoms with van der Waals surface area (Å²) in [6.45, 7) is 0. The summed E-state index contributed by atoms with van der Waals surface area (Å²) < 4.78 is 10.4. The van der Waals surface area contributed by atoms with Crippen LogP contribution in [-0.2, 0) is 0 Å². The molecule has 0 fully saturated rings. The highest BCUT2D eigenvalue weighted by molar-refractivity contribution is 6.29. The quantitative estimate of drug-likeness (QED) is 0.663. The molecule has 0 amide bonds. The van der Waals surface area contributed by atoms with Crippen molar-refractivity contribution in [1.29, 1.82) is 0 Å². The van der Waals surface area contributed by atoms with Gasteiger partial charge in [-0.2, -0.15) is 0 Å². The van der Waals surface area contributed by atoms with E-state index in [2.05, 4.69) is 9.97 Å². The molecule has 0 saturated heterocycles. The van der Waals surface area contributed by atoms with Crippen LogP contribution in [0, 0.1) is 0 Å². The SMILES string of the molecule is COc1ccc(-c2nc(Cl)cc(-c3cccc(OC)c3)n2)cc1. The van der Waals surface area contributed by atoms with E-state index in [4.69, 9.17) is 21.1 Å². The van der Waals surface area contributed by atoms with Crippen LogP contribution >= 0.6 is 11.6 Å². The summed E-state index contributed by atoms with van der Waals surface area (Å²) in [5, 5.41) is 0.392. The molecule has 1 heterocycles. The van der Waals surface area contributed by atoms with Crippen molar-refractivity contribution in [1.82, 2.24) is 9.97 Å². The van der Waals surface area contributed by atoms with Gasteiger partial charge in [-0.3, -0.25) is 0 Å². The molecule has 3 rings (SSSR count). The van der Waals surface area contributed by atoms with Gasteiger partial charge in [-0.1, -0.05) is 23.7 Å². The first-order valence-corrected chi connectivity index (χ1v) is 7.41. The molecule has 0 unspecified atom stereocenters. The largest absolute Gasteiger partial charge is 0.497 e. The van der Waals surface area contributed by atoms with Crippen LogP contribution in [0.25, 0.3) is 22.6 Å². The molecule has 0 atom stereocenters. The molecule has 0 bridgehead atoms. The number of nitrogens with zero attached hydrogens (tertiary/aromatic N) is 2. The lowest BCUT2D eigenvalue weighted by atomic mass is 10.1. The summed E-state index contributed by atoms with van der Waals surface area (Å²) in [6.07, 6.45) is 0. The van der Waals surface area contributed by atoms with Crippen LogP contribution in [0.4, 0.5) is 0 Å². The lowest BCUT2D eigenvalue weighted by molar-refractivity contribution is 0.415. The molecule has 3 aromatic rings. The molecule has 0 aliphatic rings. The minimum Gasteiger partial charge on any atom is -0.497 e. The summed E-state index contributed by atoms with van der Waals surface area (Å²) in [7, 11) is 3.26. The summed E-state index contributed by atoms with van der Waals surface area (Å²) in [6, 6.07) is 16.9. The molecule has 0 radical (unpaired) electrons. The topological polar surface area (TPSA) is 44.2 Å². The standard InChI is InChI=1S/C18H15ClN2O2/c1-22-14-8-6-12(7-9-14)18-20-16(11-17(19)21-18)13-4-3-5-15(10-13)23-2/h3-11H,1-2H3. The third kappa shape index (κ3) is 3.43. The zero-order valence-corrected chi connectivity index (χ0v) is 13.5. The fraction of sp³-hybridized carbons (Fsp3) is 0.111. The first-order valence-electron chi connectivity index (χ1n) is 7.03. The van der Waals surface area contributed by atoms with Gasteiger partial charge in [-0.15, -0.1) is 0 Å². The van der Waals surface area contributed by atoms with Crippen molar-refractivity contribution >= 4 is 11.6 Å². The van der Waals surface area contributed by atoms with Gasteiger partial charge in [0.05, 0.1) is 19.9 Å². The second kappa shape index (κ2) is 6.67. The number of ether oxygens (including phenoxy) is 2. The average Bonchev–Trinajstić information content (AvgIpc) is 2.61. The molecule has 0 N–H and O–H groups in total. The van der Waals surface area contributed by atoms with E-state index >= 15 is 0 Å². The molecule has 0 saturated carbocycles. The minimum absolute atomic E-state index is 0.392. The monoisotopic (exact) mass is 326 g/mol. The normalized spacial score (nSPS) is 10.4. The Morgan fingerprint density at radius 3 is 2.22 bits per heavy atom. The van der Waals surface area contributed by atoms with Crippen LogP contribution in [0.2, 0.25) is 5.15 Å². The van der Waals surface area contributed by atoms with Gasteiger partial charge in [0.2, 0.25) is 0 Å². The molecule has 2 aromatic carbocycles. The van der Waals surface area contributed by atoms with E-state index in [9.17, 15) is 0 Å². The Kier molecular flexibility index (Phi) is 4.44. The molecule has 0 spiro atoms. The van der Waals surface area contributed by atoms with Crippen molar-refractivity contribution < 1.29 is 9.47 Å². The first-order chi connectivity index (χ1) is 11.2. The third-order valence-electron chi connectivity index (χ3n) is 3.41. The highest BCUT2D eigenvalue weighted by Gasteiger charge is 2.09. The van der Waals surface area contributed by atoms with E-state index in [1.807, 2.05) is 48.5 Å². The van der Waals surface area contributed by atoms with Crippen LogP contribution in [0.3, 0.4) is 0 Å². The van der Waals surface area contributed by atoms with Gasteiger partial charge in [0.15, 0.2) is 5.82 Å². The smallest absolute Gasteiger partial charge is 0.161 e. The number of benzene rings is 2. The lowest BCUT2D eigenvalue weighted by Gasteiger charge is -2.08. The van der Waals surface area contributed by atoms with Crippen molar-refractivity contribution in [3.63, 3.8) is 0 Å². The van der Waals surface area contributed by atoms with Gasteiger partial charge in [-0.05, 0) is 36.4 Å². The summed E-state index contributed by atoms with van der Waals surface area (Å²) in [5.41, 5.74) is 2.54. The van der Waals surface area contributed by atoms with Gasteiger partial charge in [-0.25, -0.2) is 9.97 Å². The summed E-state index contributed by atoms with van der Waals surface area (Å²) >= 11 is 6.17. The molecule has 4 nitrogen and oxygen atoms in total. The lowest BCUT2D eigenvalue weighted by Crippen LogP contribution is -1.94. The molecule has 0 aliphatic carbocycles. The van der Waals surface area contributed by atoms with Gasteiger partial charge >= 0.3 is 0 Å². The Hall–Kier alpha value is -2.59. The van der Waals surface area contributed by atoms with Gasteiger partial charge < -0.3 is 9.47 Å². The Balaban J connectivity index is 2.04. The van der Waals surface area contributed by atoms with E-state index in [-0.39, 0.29) is 0 Å². The maximum absolute atomic E-state index is 6.17. The van der Waals surface area contributed by atoms with Crippen molar-refractivity contribution in [3.05, 3.63) is 59.8 Å². The van der Waals surface area contributed by atoms with Crippen molar-refractivity contribution in [2.45, 2.75) is 0 Å². The minimum atomic E-state index is 0.392. The fourth-order valence-corrected chi connectivity index (χ4v) is 2.40. The second-order valence-electron chi connectivity index (χ2n) is 4.86. The molecular formula is C18H15ClN2O2. The van der Waals surface area contributed by atoms with Crippen molar-refractivity contribution in [2.24, 2.45) is 0 Å². The van der Waals surface area contributed by atoms with Crippen LogP contribution < -0.4 is 9.47 Å². The van der Waals surface area contributed by atoms with Crippen LogP contribution in [0.1, 0.15) is 0 Å². The molecule has 5 heteroatoms. The number of methoxy groups -OCH3 is 2. The number of hydrogen-bond acceptors (Lipinski definition) is 4. The molecule has 1 aromatic heterocycles. The van der Waals surface area contributed by atoms with Gasteiger partial charge in [0.1, 0.15) is 16.7 Å². The number of aromatic nitrogens is 2. The molecule has 116 valence electrons. The molecule has 0 aliphatic heterocycles. The molecular weight excluding hydrogens is 312 g/mol. The van der Waals surface area contributed by atoms with Crippen LogP contribution in [0.5, 0.6) is 11.5 Å². The van der Waals surface area contributed by atoms with Crippen LogP contribution in [0.15, 0.2) is 54.6 Å². The zero-order valence-electron chi connectivity index (χ0n) is 12.8. The van der Waals surface area contributed by atoms with E-state index in [0.717, 1.165) is 28.3 Å².